The summed E-state index contributed by atoms with van der Waals surface area (Å²) in [5.74, 6) is -2.19. The zero-order valence-corrected chi connectivity index (χ0v) is 25.6. The van der Waals surface area contributed by atoms with Gasteiger partial charge < -0.3 is 5.32 Å². The van der Waals surface area contributed by atoms with Crippen molar-refractivity contribution >= 4 is 63.8 Å². The van der Waals surface area contributed by atoms with E-state index in [1.807, 2.05) is 30.3 Å². The second-order valence-electron chi connectivity index (χ2n) is 11.4. The highest BCUT2D eigenvalue weighted by molar-refractivity contribution is 8.00. The maximum atomic E-state index is 14.0. The molecule has 0 spiro atoms. The van der Waals surface area contributed by atoms with Gasteiger partial charge in [0, 0.05) is 21.5 Å². The van der Waals surface area contributed by atoms with Crippen LogP contribution in [-0.4, -0.2) is 27.5 Å². The molecule has 10 heteroatoms. The number of carbonyl (C=O) groups excluding carboxylic acids is 3. The molecule has 3 heterocycles. The van der Waals surface area contributed by atoms with Crippen LogP contribution in [0.3, 0.4) is 0 Å². The van der Waals surface area contributed by atoms with Crippen molar-refractivity contribution in [1.29, 1.82) is 0 Å². The van der Waals surface area contributed by atoms with Crippen LogP contribution in [0.4, 0.5) is 11.4 Å². The minimum atomic E-state index is -0.739. The Labute approximate surface area is 256 Å². The Bertz CT molecular complexity index is 1740. The van der Waals surface area contributed by atoms with Gasteiger partial charge in [-0.1, -0.05) is 97.9 Å². The summed E-state index contributed by atoms with van der Waals surface area (Å²) in [4.78, 5) is 55.9. The van der Waals surface area contributed by atoms with Crippen molar-refractivity contribution in [3.63, 3.8) is 0 Å². The van der Waals surface area contributed by atoms with Crippen molar-refractivity contribution in [3.05, 3.63) is 110 Å². The third-order valence-corrected chi connectivity index (χ3v) is 10.5. The molecule has 0 bridgehead atoms. The fourth-order valence-electron chi connectivity index (χ4n) is 5.51. The summed E-state index contributed by atoms with van der Waals surface area (Å²) in [6.45, 7) is 6.17. The summed E-state index contributed by atoms with van der Waals surface area (Å²) in [6, 6.07) is 23.7. The number of aromatic nitrogens is 1. The molecule has 1 saturated heterocycles. The van der Waals surface area contributed by atoms with Crippen LogP contribution in [0.5, 0.6) is 0 Å². The summed E-state index contributed by atoms with van der Waals surface area (Å²) in [6.07, 6.45) is 0. The summed E-state index contributed by atoms with van der Waals surface area (Å²) < 4.78 is 1.42. The molecule has 3 atom stereocenters. The number of thiazole rings is 1. The number of imide groups is 1. The first kappa shape index (κ1) is 28.5. The molecule has 0 aliphatic carbocycles. The zero-order chi connectivity index (χ0) is 29.8. The third kappa shape index (κ3) is 5.10. The first-order valence-corrected chi connectivity index (χ1v) is 15.6. The SMILES string of the molecule is CC(C)(C)c1ccc([C@H]2c3sc(=O)n(CC(=O)Nc4ccc(Cl)cc4)c3SC3C(=O)N(c4ccccc4)C(=O)C32)cc1. The molecule has 4 aromatic rings. The summed E-state index contributed by atoms with van der Waals surface area (Å²) in [5, 5.41) is 3.16. The van der Waals surface area contributed by atoms with E-state index in [1.54, 1.807) is 48.5 Å². The minimum absolute atomic E-state index is 0.0660. The Morgan fingerprint density at radius 2 is 1.57 bits per heavy atom. The monoisotopic (exact) mass is 617 g/mol. The second-order valence-corrected chi connectivity index (χ2v) is 14.0. The van der Waals surface area contributed by atoms with Crippen molar-refractivity contribution in [2.45, 2.75) is 48.9 Å². The van der Waals surface area contributed by atoms with Crippen LogP contribution in [0.2, 0.25) is 5.02 Å². The van der Waals surface area contributed by atoms with E-state index < -0.39 is 17.1 Å². The number of thioether (sulfide) groups is 1. The largest absolute Gasteiger partial charge is 0.325 e. The van der Waals surface area contributed by atoms with Gasteiger partial charge in [0.25, 0.3) is 0 Å². The third-order valence-electron chi connectivity index (χ3n) is 7.63. The molecule has 6 rings (SSSR count). The molecule has 214 valence electrons. The average molecular weight is 618 g/mol. The normalized spacial score (nSPS) is 19.9. The van der Waals surface area contributed by atoms with Gasteiger partial charge in [-0.25, -0.2) is 4.90 Å². The number of amides is 3. The number of halogens is 1. The van der Waals surface area contributed by atoms with Gasteiger partial charge in [0.05, 0.1) is 16.6 Å². The molecule has 7 nitrogen and oxygen atoms in total. The maximum Gasteiger partial charge on any atom is 0.308 e. The molecule has 0 radical (unpaired) electrons. The average Bonchev–Trinajstić information content (AvgIpc) is 3.40. The van der Waals surface area contributed by atoms with Crippen LogP contribution in [0, 0.1) is 5.92 Å². The van der Waals surface area contributed by atoms with Crippen molar-refractivity contribution in [3.8, 4) is 0 Å². The molecule has 1 N–H and O–H groups in total. The van der Waals surface area contributed by atoms with E-state index in [0.717, 1.165) is 22.5 Å². The first-order valence-electron chi connectivity index (χ1n) is 13.5. The summed E-state index contributed by atoms with van der Waals surface area (Å²) >= 11 is 8.20. The fourth-order valence-corrected chi connectivity index (χ4v) is 8.41. The fraction of sp³-hybridized carbons (Fsp3) is 0.250. The summed E-state index contributed by atoms with van der Waals surface area (Å²) in [5.41, 5.74) is 3.00. The van der Waals surface area contributed by atoms with Gasteiger partial charge in [-0.2, -0.15) is 0 Å². The predicted molar refractivity (Wildman–Crippen MR) is 168 cm³/mol. The number of benzene rings is 3. The number of hydrogen-bond acceptors (Lipinski definition) is 6. The Morgan fingerprint density at radius 1 is 0.905 bits per heavy atom. The molecule has 2 aliphatic rings. The molecule has 2 unspecified atom stereocenters. The topological polar surface area (TPSA) is 88.5 Å². The molecule has 3 aromatic carbocycles. The van der Waals surface area contributed by atoms with Gasteiger partial charge in [-0.05, 0) is 52.9 Å². The van der Waals surface area contributed by atoms with Gasteiger partial charge in [-0.15, -0.1) is 0 Å². The van der Waals surface area contributed by atoms with Gasteiger partial charge >= 0.3 is 4.87 Å². The van der Waals surface area contributed by atoms with Crippen molar-refractivity contribution in [2.24, 2.45) is 5.92 Å². The van der Waals surface area contributed by atoms with E-state index in [4.69, 9.17) is 11.6 Å². The lowest BCUT2D eigenvalue weighted by atomic mass is 9.81. The van der Waals surface area contributed by atoms with Crippen LogP contribution in [0.1, 0.15) is 42.7 Å². The van der Waals surface area contributed by atoms with Crippen molar-refractivity contribution in [1.82, 2.24) is 4.57 Å². The number of hydrogen-bond donors (Lipinski definition) is 1. The standard InChI is InChI=1S/C32H28ClN3O4S2/c1-32(2,3)19-11-9-18(10-12-19)24-25-26(29(39)36(28(25)38)22-7-5-4-6-8-22)41-30-27(24)42-31(40)35(30)17-23(37)34-21-15-13-20(33)14-16-21/h4-16,24-26H,17H2,1-3H3,(H,34,37)/t24-,25?,26?/m1/s1. The number of rotatable bonds is 5. The lowest BCUT2D eigenvalue weighted by Gasteiger charge is -2.31. The maximum absolute atomic E-state index is 14.0. The first-order chi connectivity index (χ1) is 20.0. The molecular formula is C32H28ClN3O4S2. The second kappa shape index (κ2) is 10.9. The highest BCUT2D eigenvalue weighted by atomic mass is 35.5. The van der Waals surface area contributed by atoms with Gasteiger partial charge in [0.1, 0.15) is 11.8 Å². The van der Waals surface area contributed by atoms with E-state index in [1.165, 1.54) is 21.2 Å². The number of para-hydroxylation sites is 1. The predicted octanol–water partition coefficient (Wildman–Crippen LogP) is 6.30. The van der Waals surface area contributed by atoms with E-state index in [2.05, 4.69) is 26.1 Å². The Morgan fingerprint density at radius 3 is 2.21 bits per heavy atom. The highest BCUT2D eigenvalue weighted by Gasteiger charge is 2.56. The van der Waals surface area contributed by atoms with E-state index in [-0.39, 0.29) is 34.6 Å². The minimum Gasteiger partial charge on any atom is -0.325 e. The van der Waals surface area contributed by atoms with Crippen molar-refractivity contribution < 1.29 is 14.4 Å². The molecule has 0 saturated carbocycles. The Kier molecular flexibility index (Phi) is 7.37. The van der Waals surface area contributed by atoms with Crippen LogP contribution in [-0.2, 0) is 26.3 Å². The zero-order valence-electron chi connectivity index (χ0n) is 23.2. The van der Waals surface area contributed by atoms with Crippen LogP contribution < -0.4 is 15.1 Å². The number of anilines is 2. The van der Waals surface area contributed by atoms with Crippen LogP contribution >= 0.6 is 34.7 Å². The van der Waals surface area contributed by atoms with E-state index >= 15 is 0 Å². The molecule has 1 aromatic heterocycles. The van der Waals surface area contributed by atoms with Gasteiger partial charge in [-0.3, -0.25) is 23.7 Å². The molecule has 3 amide bonds. The molecule has 42 heavy (non-hydrogen) atoms. The molecular weight excluding hydrogens is 590 g/mol. The number of nitrogens with one attached hydrogen (secondary N) is 1. The van der Waals surface area contributed by atoms with Crippen LogP contribution in [0.25, 0.3) is 0 Å². The quantitative estimate of drug-likeness (QED) is 0.266. The Balaban J connectivity index is 1.41. The Hall–Kier alpha value is -3.66. The van der Waals surface area contributed by atoms with E-state index in [0.29, 0.717) is 26.3 Å². The molecule has 1 fully saturated rings. The van der Waals surface area contributed by atoms with Gasteiger partial charge in [0.2, 0.25) is 17.7 Å². The summed E-state index contributed by atoms with van der Waals surface area (Å²) in [7, 11) is 0. The number of fused-ring (bicyclic) bond motifs is 2. The van der Waals surface area contributed by atoms with E-state index in [9.17, 15) is 19.2 Å². The van der Waals surface area contributed by atoms with Gasteiger partial charge in [0.15, 0.2) is 0 Å². The number of carbonyl (C=O) groups is 3. The van der Waals surface area contributed by atoms with Crippen molar-refractivity contribution in [2.75, 3.05) is 10.2 Å². The highest BCUT2D eigenvalue weighted by Crippen LogP contribution is 2.54. The lowest BCUT2D eigenvalue weighted by Crippen LogP contribution is -2.33. The smallest absolute Gasteiger partial charge is 0.308 e. The lowest BCUT2D eigenvalue weighted by molar-refractivity contribution is -0.122. The molecule has 2 aliphatic heterocycles. The number of nitrogens with zero attached hydrogens (tertiary/aromatic N) is 2. The van der Waals surface area contributed by atoms with Crippen LogP contribution in [0.15, 0.2) is 88.7 Å².